The molecule has 2 rings (SSSR count). The molecule has 0 saturated heterocycles. The summed E-state index contributed by atoms with van der Waals surface area (Å²) in [5, 5.41) is 15.3. The van der Waals surface area contributed by atoms with E-state index in [4.69, 9.17) is 0 Å². The van der Waals surface area contributed by atoms with Crippen LogP contribution in [0.15, 0.2) is 28.6 Å². The third kappa shape index (κ3) is 5.79. The Morgan fingerprint density at radius 3 is 2.88 bits per heavy atom. The summed E-state index contributed by atoms with van der Waals surface area (Å²) in [6.45, 7) is 7.12. The SMILES string of the molecule is CCCCNc1nnc(SCC(=O)N[C@@H](C)c2ccccc2C)s1. The van der Waals surface area contributed by atoms with Gasteiger partial charge in [0, 0.05) is 6.54 Å². The molecule has 5 nitrogen and oxygen atoms in total. The molecule has 0 unspecified atom stereocenters. The lowest BCUT2D eigenvalue weighted by molar-refractivity contribution is -0.119. The first-order chi connectivity index (χ1) is 11.6. The van der Waals surface area contributed by atoms with Gasteiger partial charge in [-0.1, -0.05) is 60.7 Å². The van der Waals surface area contributed by atoms with Crippen molar-refractivity contribution in [2.75, 3.05) is 17.6 Å². The Bertz CT molecular complexity index is 660. The molecule has 1 aromatic heterocycles. The summed E-state index contributed by atoms with van der Waals surface area (Å²) >= 11 is 2.92. The number of carbonyl (C=O) groups is 1. The number of unbranched alkanes of at least 4 members (excludes halogenated alkanes) is 1. The average molecular weight is 365 g/mol. The number of thioether (sulfide) groups is 1. The molecular formula is C17H24N4OS2. The van der Waals surface area contributed by atoms with E-state index >= 15 is 0 Å². The molecule has 0 spiro atoms. The van der Waals surface area contributed by atoms with E-state index in [1.807, 2.05) is 25.1 Å². The Balaban J connectivity index is 1.78. The minimum Gasteiger partial charge on any atom is -0.360 e. The minimum atomic E-state index is -0.00000798. The second-order valence-corrected chi connectivity index (χ2v) is 7.79. The van der Waals surface area contributed by atoms with Crippen molar-refractivity contribution in [1.29, 1.82) is 0 Å². The number of nitrogens with one attached hydrogen (secondary N) is 2. The Kier molecular flexibility index (Phi) is 7.52. The highest BCUT2D eigenvalue weighted by atomic mass is 32.2. The summed E-state index contributed by atoms with van der Waals surface area (Å²) in [6, 6.07) is 8.10. The summed E-state index contributed by atoms with van der Waals surface area (Å²) in [5.41, 5.74) is 2.33. The molecule has 0 aliphatic heterocycles. The molecule has 130 valence electrons. The summed E-state index contributed by atoms with van der Waals surface area (Å²) in [4.78, 5) is 12.1. The van der Waals surface area contributed by atoms with Crippen molar-refractivity contribution in [3.05, 3.63) is 35.4 Å². The van der Waals surface area contributed by atoms with Gasteiger partial charge < -0.3 is 10.6 Å². The molecule has 1 aromatic carbocycles. The Hall–Kier alpha value is -1.60. The average Bonchev–Trinajstić information content (AvgIpc) is 3.01. The Labute approximate surface area is 151 Å². The van der Waals surface area contributed by atoms with E-state index in [0.29, 0.717) is 5.75 Å². The molecule has 0 aliphatic carbocycles. The fourth-order valence-corrected chi connectivity index (χ4v) is 3.86. The monoisotopic (exact) mass is 364 g/mol. The normalized spacial score (nSPS) is 12.0. The van der Waals surface area contributed by atoms with Crippen LogP contribution < -0.4 is 10.6 Å². The van der Waals surface area contributed by atoms with E-state index in [-0.39, 0.29) is 11.9 Å². The van der Waals surface area contributed by atoms with E-state index in [0.717, 1.165) is 34.4 Å². The first-order valence-corrected chi connectivity index (χ1v) is 9.95. The van der Waals surface area contributed by atoms with Crippen molar-refractivity contribution in [2.45, 2.75) is 44.0 Å². The van der Waals surface area contributed by atoms with Crippen LogP contribution in [0.25, 0.3) is 0 Å². The van der Waals surface area contributed by atoms with Crippen molar-refractivity contribution in [1.82, 2.24) is 15.5 Å². The third-order valence-electron chi connectivity index (χ3n) is 3.57. The van der Waals surface area contributed by atoms with Crippen molar-refractivity contribution < 1.29 is 4.79 Å². The second kappa shape index (κ2) is 9.64. The maximum atomic E-state index is 12.1. The maximum Gasteiger partial charge on any atom is 0.230 e. The van der Waals surface area contributed by atoms with Crippen LogP contribution in [0.3, 0.4) is 0 Å². The van der Waals surface area contributed by atoms with E-state index in [9.17, 15) is 4.79 Å². The minimum absolute atomic E-state index is 0.00000798. The number of anilines is 1. The lowest BCUT2D eigenvalue weighted by atomic mass is 10.0. The molecular weight excluding hydrogens is 340 g/mol. The maximum absolute atomic E-state index is 12.1. The van der Waals surface area contributed by atoms with Crippen molar-refractivity contribution >= 4 is 34.1 Å². The number of hydrogen-bond acceptors (Lipinski definition) is 6. The fourth-order valence-electron chi connectivity index (χ4n) is 2.27. The molecule has 1 heterocycles. The summed E-state index contributed by atoms with van der Waals surface area (Å²) < 4.78 is 0.813. The van der Waals surface area contributed by atoms with Crippen LogP contribution in [0.2, 0.25) is 0 Å². The number of rotatable bonds is 9. The van der Waals surface area contributed by atoms with Gasteiger partial charge in [-0.15, -0.1) is 10.2 Å². The fraction of sp³-hybridized carbons (Fsp3) is 0.471. The smallest absolute Gasteiger partial charge is 0.230 e. The van der Waals surface area contributed by atoms with Crippen LogP contribution in [-0.2, 0) is 4.79 Å². The Morgan fingerprint density at radius 1 is 1.33 bits per heavy atom. The molecule has 24 heavy (non-hydrogen) atoms. The first kappa shape index (κ1) is 18.7. The number of nitrogens with zero attached hydrogens (tertiary/aromatic N) is 2. The van der Waals surface area contributed by atoms with Gasteiger partial charge >= 0.3 is 0 Å². The molecule has 0 saturated carbocycles. The van der Waals surface area contributed by atoms with E-state index in [2.05, 4.69) is 40.7 Å². The van der Waals surface area contributed by atoms with Crippen LogP contribution >= 0.6 is 23.1 Å². The molecule has 1 amide bonds. The molecule has 0 radical (unpaired) electrons. The van der Waals surface area contributed by atoms with Gasteiger partial charge in [0.25, 0.3) is 0 Å². The summed E-state index contributed by atoms with van der Waals surface area (Å²) in [6.07, 6.45) is 2.26. The third-order valence-corrected chi connectivity index (χ3v) is 5.59. The van der Waals surface area contributed by atoms with Crippen LogP contribution in [0.4, 0.5) is 5.13 Å². The number of amides is 1. The molecule has 2 aromatic rings. The van der Waals surface area contributed by atoms with Crippen LogP contribution in [0, 0.1) is 6.92 Å². The van der Waals surface area contributed by atoms with Crippen molar-refractivity contribution in [3.63, 3.8) is 0 Å². The van der Waals surface area contributed by atoms with Crippen LogP contribution in [0.1, 0.15) is 43.9 Å². The van der Waals surface area contributed by atoms with Gasteiger partial charge in [-0.2, -0.15) is 0 Å². The van der Waals surface area contributed by atoms with Gasteiger partial charge in [-0.05, 0) is 31.4 Å². The zero-order valence-corrected chi connectivity index (χ0v) is 16.0. The topological polar surface area (TPSA) is 66.9 Å². The molecule has 7 heteroatoms. The van der Waals surface area contributed by atoms with Gasteiger partial charge in [0.05, 0.1) is 11.8 Å². The van der Waals surface area contributed by atoms with E-state index < -0.39 is 0 Å². The largest absolute Gasteiger partial charge is 0.360 e. The highest BCUT2D eigenvalue weighted by molar-refractivity contribution is 8.01. The highest BCUT2D eigenvalue weighted by Gasteiger charge is 2.13. The van der Waals surface area contributed by atoms with Gasteiger partial charge in [-0.25, -0.2) is 0 Å². The van der Waals surface area contributed by atoms with E-state index in [1.54, 1.807) is 0 Å². The van der Waals surface area contributed by atoms with Crippen LogP contribution in [-0.4, -0.2) is 28.4 Å². The second-order valence-electron chi connectivity index (χ2n) is 5.59. The first-order valence-electron chi connectivity index (χ1n) is 8.15. The molecule has 0 aliphatic rings. The molecule has 0 bridgehead atoms. The number of aromatic nitrogens is 2. The van der Waals surface area contributed by atoms with Crippen molar-refractivity contribution in [3.8, 4) is 0 Å². The number of hydrogen-bond donors (Lipinski definition) is 2. The number of carbonyl (C=O) groups excluding carboxylic acids is 1. The van der Waals surface area contributed by atoms with E-state index in [1.165, 1.54) is 28.7 Å². The van der Waals surface area contributed by atoms with Crippen LogP contribution in [0.5, 0.6) is 0 Å². The Morgan fingerprint density at radius 2 is 2.12 bits per heavy atom. The predicted octanol–water partition coefficient (Wildman–Crippen LogP) is 4.03. The number of aryl methyl sites for hydroxylation is 1. The molecule has 2 N–H and O–H groups in total. The van der Waals surface area contributed by atoms with Gasteiger partial charge in [-0.3, -0.25) is 4.79 Å². The lowest BCUT2D eigenvalue weighted by Crippen LogP contribution is -2.28. The van der Waals surface area contributed by atoms with Gasteiger partial charge in [0.15, 0.2) is 4.34 Å². The quantitative estimate of drug-likeness (QED) is 0.519. The zero-order valence-electron chi connectivity index (χ0n) is 14.3. The standard InChI is InChI=1S/C17H24N4OS2/c1-4-5-10-18-16-20-21-17(24-16)23-11-15(22)19-13(3)14-9-7-6-8-12(14)2/h6-9,13H,4-5,10-11H2,1-3H3,(H,18,20)(H,19,22)/t13-/m0/s1. The van der Waals surface area contributed by atoms with Gasteiger partial charge in [0.2, 0.25) is 11.0 Å². The number of benzene rings is 1. The summed E-state index contributed by atoms with van der Waals surface area (Å²) in [5.74, 6) is 0.353. The van der Waals surface area contributed by atoms with Gasteiger partial charge in [0.1, 0.15) is 0 Å². The predicted molar refractivity (Wildman–Crippen MR) is 102 cm³/mol. The summed E-state index contributed by atoms with van der Waals surface area (Å²) in [7, 11) is 0. The zero-order chi connectivity index (χ0) is 17.4. The molecule has 1 atom stereocenters. The highest BCUT2D eigenvalue weighted by Crippen LogP contribution is 2.25. The lowest BCUT2D eigenvalue weighted by Gasteiger charge is -2.16. The molecule has 0 fully saturated rings. The van der Waals surface area contributed by atoms with Crippen molar-refractivity contribution in [2.24, 2.45) is 0 Å².